The lowest BCUT2D eigenvalue weighted by Gasteiger charge is -2.08. The lowest BCUT2D eigenvalue weighted by atomic mass is 10.2. The first-order valence-electron chi connectivity index (χ1n) is 8.02. The highest BCUT2D eigenvalue weighted by Gasteiger charge is 2.21. The maximum Gasteiger partial charge on any atom is 0.343 e. The first-order valence-corrected chi connectivity index (χ1v) is 8.40. The second-order valence-electron chi connectivity index (χ2n) is 5.64. The zero-order chi connectivity index (χ0) is 21.0. The second-order valence-corrected chi connectivity index (χ2v) is 6.07. The fourth-order valence-corrected chi connectivity index (χ4v) is 2.43. The monoisotopic (exact) mass is 414 g/mol. The molecule has 146 valence electrons. The van der Waals surface area contributed by atoms with E-state index in [1.807, 2.05) is 0 Å². The summed E-state index contributed by atoms with van der Waals surface area (Å²) in [7, 11) is 0. The van der Waals surface area contributed by atoms with Gasteiger partial charge in [0.05, 0.1) is 21.5 Å². The van der Waals surface area contributed by atoms with Gasteiger partial charge in [-0.25, -0.2) is 4.79 Å². The van der Waals surface area contributed by atoms with E-state index in [-0.39, 0.29) is 17.1 Å². The summed E-state index contributed by atoms with van der Waals surface area (Å²) >= 11 is 5.77. The van der Waals surface area contributed by atoms with E-state index < -0.39 is 27.2 Å². The van der Waals surface area contributed by atoms with Crippen LogP contribution in [0.25, 0.3) is 0 Å². The van der Waals surface area contributed by atoms with Crippen molar-refractivity contribution in [2.75, 3.05) is 0 Å². The van der Waals surface area contributed by atoms with Crippen molar-refractivity contribution in [3.8, 4) is 17.2 Å². The largest absolute Gasteiger partial charge is 0.450 e. The standard InChI is InChI=1S/C19H11ClN2O7/c20-13-3-8-16(9-4-13)29-19(23)12-1-6-15(7-2-12)28-18-10-5-14(21(24)25)11-17(18)22(26)27/h1-11H. The Morgan fingerprint density at radius 1 is 0.828 bits per heavy atom. The van der Waals surface area contributed by atoms with Gasteiger partial charge in [0.1, 0.15) is 11.5 Å². The van der Waals surface area contributed by atoms with Crippen LogP contribution in [-0.2, 0) is 0 Å². The number of ether oxygens (including phenoxy) is 2. The number of benzene rings is 3. The Labute approximate surface area is 168 Å². The average Bonchev–Trinajstić information content (AvgIpc) is 2.70. The van der Waals surface area contributed by atoms with Gasteiger partial charge in [-0.05, 0) is 54.6 Å². The summed E-state index contributed by atoms with van der Waals surface area (Å²) in [4.78, 5) is 32.6. The molecule has 0 atom stereocenters. The molecular formula is C19H11ClN2O7. The predicted octanol–water partition coefficient (Wildman–Crippen LogP) is 5.17. The number of esters is 1. The highest BCUT2D eigenvalue weighted by Crippen LogP contribution is 2.34. The first kappa shape index (κ1) is 19.8. The SMILES string of the molecule is O=C(Oc1ccc(Cl)cc1)c1ccc(Oc2ccc([N+](=O)[O-])cc2[N+](=O)[O-])cc1. The average molecular weight is 415 g/mol. The molecule has 0 N–H and O–H groups in total. The highest BCUT2D eigenvalue weighted by molar-refractivity contribution is 6.30. The molecule has 10 heteroatoms. The van der Waals surface area contributed by atoms with Crippen molar-refractivity contribution in [3.05, 3.63) is 97.5 Å². The van der Waals surface area contributed by atoms with Crippen LogP contribution < -0.4 is 9.47 Å². The quantitative estimate of drug-likeness (QED) is 0.236. The van der Waals surface area contributed by atoms with Crippen LogP contribution in [0.3, 0.4) is 0 Å². The molecule has 0 heterocycles. The van der Waals surface area contributed by atoms with Gasteiger partial charge in [0, 0.05) is 11.1 Å². The maximum atomic E-state index is 12.2. The van der Waals surface area contributed by atoms with Crippen LogP contribution in [0.5, 0.6) is 17.2 Å². The number of non-ortho nitro benzene ring substituents is 1. The Morgan fingerprint density at radius 2 is 1.45 bits per heavy atom. The fourth-order valence-electron chi connectivity index (χ4n) is 2.30. The molecule has 29 heavy (non-hydrogen) atoms. The summed E-state index contributed by atoms with van der Waals surface area (Å²) in [5, 5.41) is 22.5. The van der Waals surface area contributed by atoms with Gasteiger partial charge in [0.2, 0.25) is 5.75 Å². The number of nitro benzene ring substituents is 2. The molecule has 9 nitrogen and oxygen atoms in total. The fraction of sp³-hybridized carbons (Fsp3) is 0. The van der Waals surface area contributed by atoms with Crippen LogP contribution in [0, 0.1) is 20.2 Å². The topological polar surface area (TPSA) is 122 Å². The molecule has 0 radical (unpaired) electrons. The van der Waals surface area contributed by atoms with E-state index in [1.165, 1.54) is 24.3 Å². The molecule has 0 spiro atoms. The minimum Gasteiger partial charge on any atom is -0.450 e. The molecule has 0 aliphatic heterocycles. The van der Waals surface area contributed by atoms with Crippen molar-refractivity contribution in [2.45, 2.75) is 0 Å². The smallest absolute Gasteiger partial charge is 0.343 e. The predicted molar refractivity (Wildman–Crippen MR) is 103 cm³/mol. The van der Waals surface area contributed by atoms with E-state index in [1.54, 1.807) is 24.3 Å². The summed E-state index contributed by atoms with van der Waals surface area (Å²) < 4.78 is 10.6. The molecule has 3 aromatic rings. The minimum absolute atomic E-state index is 0.169. The van der Waals surface area contributed by atoms with Crippen molar-refractivity contribution < 1.29 is 24.1 Å². The molecule has 0 saturated heterocycles. The number of rotatable bonds is 6. The van der Waals surface area contributed by atoms with E-state index in [0.717, 1.165) is 18.2 Å². The van der Waals surface area contributed by atoms with E-state index in [2.05, 4.69) is 0 Å². The number of nitrogens with zero attached hydrogens (tertiary/aromatic N) is 2. The molecule has 0 unspecified atom stereocenters. The van der Waals surface area contributed by atoms with Crippen LogP contribution in [-0.4, -0.2) is 15.8 Å². The molecule has 0 aromatic heterocycles. The second kappa shape index (κ2) is 8.36. The molecule has 0 aliphatic rings. The third-order valence-corrected chi connectivity index (χ3v) is 3.94. The lowest BCUT2D eigenvalue weighted by Crippen LogP contribution is -2.08. The number of carbonyl (C=O) groups is 1. The molecule has 0 aliphatic carbocycles. The molecule has 0 amide bonds. The number of halogens is 1. The first-order chi connectivity index (χ1) is 13.8. The van der Waals surface area contributed by atoms with E-state index in [4.69, 9.17) is 21.1 Å². The molecule has 0 saturated carbocycles. The van der Waals surface area contributed by atoms with Crippen molar-refractivity contribution in [2.24, 2.45) is 0 Å². The number of carbonyl (C=O) groups excluding carboxylic acids is 1. The maximum absolute atomic E-state index is 12.2. The molecular weight excluding hydrogens is 404 g/mol. The van der Waals surface area contributed by atoms with Crippen LogP contribution >= 0.6 is 11.6 Å². The van der Waals surface area contributed by atoms with Crippen LogP contribution in [0.2, 0.25) is 5.02 Å². The Balaban J connectivity index is 1.75. The van der Waals surface area contributed by atoms with Crippen molar-refractivity contribution in [3.63, 3.8) is 0 Å². The van der Waals surface area contributed by atoms with Crippen LogP contribution in [0.1, 0.15) is 10.4 Å². The van der Waals surface area contributed by atoms with E-state index in [0.29, 0.717) is 10.8 Å². The number of hydrogen-bond donors (Lipinski definition) is 0. The van der Waals surface area contributed by atoms with Crippen molar-refractivity contribution in [1.82, 2.24) is 0 Å². The van der Waals surface area contributed by atoms with Gasteiger partial charge in [-0.3, -0.25) is 20.2 Å². The Bertz CT molecular complexity index is 1080. The van der Waals surface area contributed by atoms with Gasteiger partial charge < -0.3 is 9.47 Å². The Hall–Kier alpha value is -3.98. The summed E-state index contributed by atoms with van der Waals surface area (Å²) in [5.74, 6) is -0.261. The van der Waals surface area contributed by atoms with E-state index >= 15 is 0 Å². The third-order valence-electron chi connectivity index (χ3n) is 3.69. The molecule has 0 bridgehead atoms. The van der Waals surface area contributed by atoms with Crippen LogP contribution in [0.4, 0.5) is 11.4 Å². The Morgan fingerprint density at radius 3 is 2.03 bits per heavy atom. The lowest BCUT2D eigenvalue weighted by molar-refractivity contribution is -0.394. The summed E-state index contributed by atoms with van der Waals surface area (Å²) in [6.45, 7) is 0. The Kier molecular flexibility index (Phi) is 5.70. The van der Waals surface area contributed by atoms with Gasteiger partial charge in [-0.2, -0.15) is 0 Å². The van der Waals surface area contributed by atoms with Crippen molar-refractivity contribution in [1.29, 1.82) is 0 Å². The number of hydrogen-bond acceptors (Lipinski definition) is 7. The molecule has 3 rings (SSSR count). The van der Waals surface area contributed by atoms with Crippen LogP contribution in [0.15, 0.2) is 66.7 Å². The summed E-state index contributed by atoms with van der Waals surface area (Å²) in [6.07, 6.45) is 0. The van der Waals surface area contributed by atoms with Gasteiger partial charge in [-0.1, -0.05) is 11.6 Å². The van der Waals surface area contributed by atoms with Crippen molar-refractivity contribution >= 4 is 28.9 Å². The van der Waals surface area contributed by atoms with Gasteiger partial charge in [-0.15, -0.1) is 0 Å². The normalized spacial score (nSPS) is 10.2. The number of nitro groups is 2. The zero-order valence-electron chi connectivity index (χ0n) is 14.5. The molecule has 0 fully saturated rings. The zero-order valence-corrected chi connectivity index (χ0v) is 15.2. The summed E-state index contributed by atoms with van der Waals surface area (Å²) in [6, 6.07) is 15.0. The van der Waals surface area contributed by atoms with Gasteiger partial charge >= 0.3 is 11.7 Å². The highest BCUT2D eigenvalue weighted by atomic mass is 35.5. The third kappa shape index (κ3) is 4.85. The van der Waals surface area contributed by atoms with Gasteiger partial charge in [0.25, 0.3) is 5.69 Å². The minimum atomic E-state index is -0.778. The van der Waals surface area contributed by atoms with E-state index in [9.17, 15) is 25.0 Å². The van der Waals surface area contributed by atoms with Gasteiger partial charge in [0.15, 0.2) is 0 Å². The summed E-state index contributed by atoms with van der Waals surface area (Å²) in [5.41, 5.74) is -0.750. The molecule has 3 aromatic carbocycles.